The number of sulfonamides is 1. The zero-order valence-corrected chi connectivity index (χ0v) is 12.4. The van der Waals surface area contributed by atoms with Gasteiger partial charge in [-0.05, 0) is 31.6 Å². The summed E-state index contributed by atoms with van der Waals surface area (Å²) in [6.07, 6.45) is 7.54. The van der Waals surface area contributed by atoms with Crippen molar-refractivity contribution in [3.05, 3.63) is 0 Å². The number of piperidine rings is 1. The lowest BCUT2D eigenvalue weighted by Gasteiger charge is -2.29. The number of nitrogens with one attached hydrogen (secondary N) is 1. The number of hydrogen-bond donors (Lipinski definition) is 1. The SMILES string of the molecule is CS(=O)(=O)N1CCC(C(=O)NCC2CCCC2)CC1. The van der Waals surface area contributed by atoms with E-state index in [1.807, 2.05) is 0 Å². The summed E-state index contributed by atoms with van der Waals surface area (Å²) in [5.74, 6) is 0.750. The van der Waals surface area contributed by atoms with Crippen LogP contribution in [0.4, 0.5) is 0 Å². The quantitative estimate of drug-likeness (QED) is 0.838. The predicted molar refractivity (Wildman–Crippen MR) is 74.1 cm³/mol. The third-order valence-electron chi connectivity index (χ3n) is 4.33. The molecule has 110 valence electrons. The van der Waals surface area contributed by atoms with E-state index in [2.05, 4.69) is 5.32 Å². The number of carbonyl (C=O) groups excluding carboxylic acids is 1. The first kappa shape index (κ1) is 14.8. The highest BCUT2D eigenvalue weighted by molar-refractivity contribution is 7.88. The fourth-order valence-corrected chi connectivity index (χ4v) is 3.93. The Kier molecular flexibility index (Phi) is 4.84. The van der Waals surface area contributed by atoms with Crippen LogP contribution < -0.4 is 5.32 Å². The molecule has 0 unspecified atom stereocenters. The zero-order valence-electron chi connectivity index (χ0n) is 11.6. The molecule has 5 nitrogen and oxygen atoms in total. The van der Waals surface area contributed by atoms with Crippen molar-refractivity contribution in [2.75, 3.05) is 25.9 Å². The molecule has 0 spiro atoms. The van der Waals surface area contributed by atoms with Gasteiger partial charge in [0.2, 0.25) is 15.9 Å². The molecule has 6 heteroatoms. The third-order valence-corrected chi connectivity index (χ3v) is 5.64. The van der Waals surface area contributed by atoms with Crippen molar-refractivity contribution in [2.24, 2.45) is 11.8 Å². The van der Waals surface area contributed by atoms with Gasteiger partial charge < -0.3 is 5.32 Å². The van der Waals surface area contributed by atoms with Gasteiger partial charge in [0.05, 0.1) is 6.26 Å². The zero-order chi connectivity index (χ0) is 13.9. The Labute approximate surface area is 115 Å². The van der Waals surface area contributed by atoms with Gasteiger partial charge in [-0.1, -0.05) is 12.8 Å². The monoisotopic (exact) mass is 288 g/mol. The largest absolute Gasteiger partial charge is 0.356 e. The van der Waals surface area contributed by atoms with Crippen molar-refractivity contribution in [1.82, 2.24) is 9.62 Å². The normalized spacial score (nSPS) is 23.6. The Bertz CT molecular complexity index is 408. The standard InChI is InChI=1S/C13H24N2O3S/c1-19(17,18)15-8-6-12(7-9-15)13(16)14-10-11-4-2-3-5-11/h11-12H,2-10H2,1H3,(H,14,16). The van der Waals surface area contributed by atoms with Crippen LogP contribution in [0, 0.1) is 11.8 Å². The van der Waals surface area contributed by atoms with E-state index in [-0.39, 0.29) is 11.8 Å². The average molecular weight is 288 g/mol. The molecule has 0 atom stereocenters. The summed E-state index contributed by atoms with van der Waals surface area (Å²) in [5.41, 5.74) is 0. The van der Waals surface area contributed by atoms with Gasteiger partial charge in [-0.2, -0.15) is 0 Å². The van der Waals surface area contributed by atoms with Crippen molar-refractivity contribution in [2.45, 2.75) is 38.5 Å². The minimum atomic E-state index is -3.10. The second-order valence-electron chi connectivity index (χ2n) is 5.83. The van der Waals surface area contributed by atoms with E-state index in [0.717, 1.165) is 6.54 Å². The van der Waals surface area contributed by atoms with E-state index < -0.39 is 10.0 Å². The fraction of sp³-hybridized carbons (Fsp3) is 0.923. The van der Waals surface area contributed by atoms with Crippen molar-refractivity contribution in [3.8, 4) is 0 Å². The summed E-state index contributed by atoms with van der Waals surface area (Å²) < 4.78 is 24.2. The Morgan fingerprint density at radius 2 is 1.74 bits per heavy atom. The van der Waals surface area contributed by atoms with E-state index in [0.29, 0.717) is 31.8 Å². The molecule has 1 saturated heterocycles. The van der Waals surface area contributed by atoms with Crippen LogP contribution in [-0.4, -0.2) is 44.5 Å². The van der Waals surface area contributed by atoms with Crippen LogP contribution in [0.15, 0.2) is 0 Å². The molecule has 0 radical (unpaired) electrons. The van der Waals surface area contributed by atoms with E-state index in [1.165, 1.54) is 36.2 Å². The van der Waals surface area contributed by atoms with Crippen molar-refractivity contribution in [1.29, 1.82) is 0 Å². The van der Waals surface area contributed by atoms with Gasteiger partial charge in [0.25, 0.3) is 0 Å². The van der Waals surface area contributed by atoms with E-state index in [1.54, 1.807) is 0 Å². The van der Waals surface area contributed by atoms with Gasteiger partial charge in [-0.15, -0.1) is 0 Å². The molecule has 1 aliphatic heterocycles. The first-order valence-electron chi connectivity index (χ1n) is 7.19. The molecule has 0 aromatic heterocycles. The summed E-state index contributed by atoms with van der Waals surface area (Å²) in [6, 6.07) is 0. The van der Waals surface area contributed by atoms with Gasteiger partial charge in [0.15, 0.2) is 0 Å². The molecule has 1 saturated carbocycles. The number of amides is 1. The fourth-order valence-electron chi connectivity index (χ4n) is 3.05. The summed E-state index contributed by atoms with van der Waals surface area (Å²) in [5, 5.41) is 3.04. The summed E-state index contributed by atoms with van der Waals surface area (Å²) in [6.45, 7) is 1.74. The maximum absolute atomic E-state index is 12.0. The molecule has 0 bridgehead atoms. The highest BCUT2D eigenvalue weighted by atomic mass is 32.2. The minimum Gasteiger partial charge on any atom is -0.356 e. The highest BCUT2D eigenvalue weighted by Crippen LogP contribution is 2.24. The molecular weight excluding hydrogens is 264 g/mol. The maximum Gasteiger partial charge on any atom is 0.223 e. The lowest BCUT2D eigenvalue weighted by Crippen LogP contribution is -2.43. The summed E-state index contributed by atoms with van der Waals surface area (Å²) in [7, 11) is -3.10. The van der Waals surface area contributed by atoms with Crippen LogP contribution in [0.5, 0.6) is 0 Å². The van der Waals surface area contributed by atoms with Gasteiger partial charge in [0, 0.05) is 25.6 Å². The molecular formula is C13H24N2O3S. The Morgan fingerprint density at radius 1 is 1.16 bits per heavy atom. The molecule has 19 heavy (non-hydrogen) atoms. The van der Waals surface area contributed by atoms with E-state index in [9.17, 15) is 13.2 Å². The number of rotatable bonds is 4. The molecule has 2 rings (SSSR count). The summed E-state index contributed by atoms with van der Waals surface area (Å²) in [4.78, 5) is 12.0. The maximum atomic E-state index is 12.0. The number of carbonyl (C=O) groups is 1. The van der Waals surface area contributed by atoms with Crippen molar-refractivity contribution in [3.63, 3.8) is 0 Å². The predicted octanol–water partition coefficient (Wildman–Crippen LogP) is 0.964. The van der Waals surface area contributed by atoms with Crippen LogP contribution in [0.3, 0.4) is 0 Å². The Hall–Kier alpha value is -0.620. The smallest absolute Gasteiger partial charge is 0.223 e. The van der Waals surface area contributed by atoms with Gasteiger partial charge in [0.1, 0.15) is 0 Å². The minimum absolute atomic E-state index is 0.0144. The lowest BCUT2D eigenvalue weighted by atomic mass is 9.97. The molecule has 1 aliphatic carbocycles. The first-order valence-corrected chi connectivity index (χ1v) is 9.04. The number of hydrogen-bond acceptors (Lipinski definition) is 3. The average Bonchev–Trinajstić information content (AvgIpc) is 2.88. The second-order valence-corrected chi connectivity index (χ2v) is 7.81. The van der Waals surface area contributed by atoms with E-state index in [4.69, 9.17) is 0 Å². The molecule has 2 fully saturated rings. The summed E-state index contributed by atoms with van der Waals surface area (Å²) >= 11 is 0. The van der Waals surface area contributed by atoms with E-state index >= 15 is 0 Å². The second kappa shape index (κ2) is 6.22. The topological polar surface area (TPSA) is 66.5 Å². The van der Waals surface area contributed by atoms with Crippen LogP contribution in [0.25, 0.3) is 0 Å². The lowest BCUT2D eigenvalue weighted by molar-refractivity contribution is -0.126. The van der Waals surface area contributed by atoms with Gasteiger partial charge >= 0.3 is 0 Å². The Morgan fingerprint density at radius 3 is 2.26 bits per heavy atom. The highest BCUT2D eigenvalue weighted by Gasteiger charge is 2.29. The van der Waals surface area contributed by atoms with Crippen LogP contribution >= 0.6 is 0 Å². The number of nitrogens with zero attached hydrogens (tertiary/aromatic N) is 1. The molecule has 1 amide bonds. The Balaban J connectivity index is 1.73. The van der Waals surface area contributed by atoms with Gasteiger partial charge in [-0.3, -0.25) is 4.79 Å². The molecule has 1 N–H and O–H groups in total. The van der Waals surface area contributed by atoms with Gasteiger partial charge in [-0.25, -0.2) is 12.7 Å². The van der Waals surface area contributed by atoms with Crippen molar-refractivity contribution >= 4 is 15.9 Å². The molecule has 1 heterocycles. The molecule has 0 aromatic carbocycles. The molecule has 0 aromatic rings. The van der Waals surface area contributed by atoms with Crippen molar-refractivity contribution < 1.29 is 13.2 Å². The van der Waals surface area contributed by atoms with Crippen LogP contribution in [0.1, 0.15) is 38.5 Å². The third kappa shape index (κ3) is 4.18. The first-order chi connectivity index (χ1) is 8.97. The van der Waals surface area contributed by atoms with Crippen LogP contribution in [0.2, 0.25) is 0 Å². The van der Waals surface area contributed by atoms with Crippen LogP contribution in [-0.2, 0) is 14.8 Å². The molecule has 2 aliphatic rings.